The summed E-state index contributed by atoms with van der Waals surface area (Å²) in [7, 11) is 0. The first-order chi connectivity index (χ1) is 12.8. The maximum absolute atomic E-state index is 12.8. The predicted octanol–water partition coefficient (Wildman–Crippen LogP) is 3.10. The molecule has 1 amide bonds. The van der Waals surface area contributed by atoms with Crippen molar-refractivity contribution >= 4 is 29.0 Å². The first-order valence-electron chi connectivity index (χ1n) is 8.52. The lowest BCUT2D eigenvalue weighted by molar-refractivity contribution is -0.121. The largest absolute Gasteiger partial charge is 0.357 e. The molecular formula is C20H22FN3O2S. The summed E-state index contributed by atoms with van der Waals surface area (Å²) in [4.78, 5) is 24.0. The Morgan fingerprint density at radius 1 is 0.963 bits per heavy atom. The molecule has 0 saturated carbocycles. The number of carbonyl (C=O) groups is 2. The Morgan fingerprint density at radius 3 is 2.33 bits per heavy atom. The van der Waals surface area contributed by atoms with E-state index in [1.54, 1.807) is 18.2 Å². The zero-order chi connectivity index (χ0) is 19.8. The lowest BCUT2D eigenvalue weighted by Gasteiger charge is -2.11. The molecule has 7 heteroatoms. The van der Waals surface area contributed by atoms with Gasteiger partial charge in [0.2, 0.25) is 5.91 Å². The van der Waals surface area contributed by atoms with Gasteiger partial charge < -0.3 is 5.32 Å². The van der Waals surface area contributed by atoms with Crippen molar-refractivity contribution in [1.29, 1.82) is 0 Å². The van der Waals surface area contributed by atoms with E-state index in [0.717, 1.165) is 16.7 Å². The van der Waals surface area contributed by atoms with E-state index in [9.17, 15) is 14.0 Å². The second-order valence-electron chi connectivity index (χ2n) is 6.20. The van der Waals surface area contributed by atoms with Crippen LogP contribution in [0.5, 0.6) is 0 Å². The summed E-state index contributed by atoms with van der Waals surface area (Å²) in [6, 6.07) is 11.5. The number of amides is 1. The van der Waals surface area contributed by atoms with Crippen molar-refractivity contribution in [3.8, 4) is 0 Å². The van der Waals surface area contributed by atoms with Crippen LogP contribution >= 0.6 is 12.2 Å². The summed E-state index contributed by atoms with van der Waals surface area (Å²) in [6.07, 6.45) is 0.172. The van der Waals surface area contributed by atoms with Gasteiger partial charge in [-0.3, -0.25) is 20.4 Å². The summed E-state index contributed by atoms with van der Waals surface area (Å²) >= 11 is 5.06. The molecule has 0 aliphatic heterocycles. The minimum atomic E-state index is -0.335. The highest BCUT2D eigenvalue weighted by molar-refractivity contribution is 7.80. The molecule has 2 aromatic carbocycles. The Kier molecular flexibility index (Phi) is 7.43. The van der Waals surface area contributed by atoms with Crippen molar-refractivity contribution in [2.75, 3.05) is 0 Å². The topological polar surface area (TPSA) is 70.2 Å². The van der Waals surface area contributed by atoms with Gasteiger partial charge in [-0.25, -0.2) is 4.39 Å². The van der Waals surface area contributed by atoms with E-state index in [-0.39, 0.29) is 35.5 Å². The molecule has 0 heterocycles. The van der Waals surface area contributed by atoms with Crippen molar-refractivity contribution in [3.63, 3.8) is 0 Å². The van der Waals surface area contributed by atoms with Crippen molar-refractivity contribution in [3.05, 3.63) is 70.5 Å². The smallest absolute Gasteiger partial charge is 0.238 e. The fraction of sp³-hybridized carbons (Fsp3) is 0.250. The average Bonchev–Trinajstić information content (AvgIpc) is 2.66. The van der Waals surface area contributed by atoms with Gasteiger partial charge in [0.15, 0.2) is 10.9 Å². The Labute approximate surface area is 163 Å². The van der Waals surface area contributed by atoms with Gasteiger partial charge in [-0.15, -0.1) is 0 Å². The first kappa shape index (κ1) is 20.5. The molecule has 0 unspecified atom stereocenters. The normalized spacial score (nSPS) is 10.2. The number of benzene rings is 2. The van der Waals surface area contributed by atoms with Crippen LogP contribution in [0.25, 0.3) is 0 Å². The number of hydrogen-bond donors (Lipinski definition) is 3. The van der Waals surface area contributed by atoms with E-state index in [1.807, 2.05) is 26.0 Å². The van der Waals surface area contributed by atoms with Gasteiger partial charge in [-0.1, -0.05) is 24.3 Å². The highest BCUT2D eigenvalue weighted by Crippen LogP contribution is 2.12. The number of hydrogen-bond acceptors (Lipinski definition) is 3. The number of nitrogens with one attached hydrogen (secondary N) is 3. The van der Waals surface area contributed by atoms with Gasteiger partial charge >= 0.3 is 0 Å². The zero-order valence-corrected chi connectivity index (χ0v) is 16.1. The minimum Gasteiger partial charge on any atom is -0.357 e. The number of halogens is 1. The molecule has 0 aromatic heterocycles. The lowest BCUT2D eigenvalue weighted by atomic mass is 10.0. The standard InChI is InChI=1S/C20H22FN3O2S/c1-13-3-6-16(11-14(13)2)18(25)9-10-19(26)23-24-20(27)22-12-15-4-7-17(21)8-5-15/h3-8,11H,9-10,12H2,1-2H3,(H,23,26)(H2,22,24,27). The van der Waals surface area contributed by atoms with Crippen molar-refractivity contribution < 1.29 is 14.0 Å². The number of hydrazine groups is 1. The monoisotopic (exact) mass is 387 g/mol. The summed E-state index contributed by atoms with van der Waals surface area (Å²) in [6.45, 7) is 4.32. The summed E-state index contributed by atoms with van der Waals surface area (Å²) < 4.78 is 12.8. The van der Waals surface area contributed by atoms with Gasteiger partial charge in [0, 0.05) is 24.9 Å². The van der Waals surface area contributed by atoms with E-state index in [1.165, 1.54) is 12.1 Å². The summed E-state index contributed by atoms with van der Waals surface area (Å²) in [5.74, 6) is -0.717. The molecule has 0 radical (unpaired) electrons. The van der Waals surface area contributed by atoms with Crippen LogP contribution in [0.2, 0.25) is 0 Å². The molecule has 0 saturated heterocycles. The molecule has 27 heavy (non-hydrogen) atoms. The van der Waals surface area contributed by atoms with Crippen molar-refractivity contribution in [1.82, 2.24) is 16.2 Å². The molecule has 0 atom stereocenters. The number of rotatable bonds is 6. The van der Waals surface area contributed by atoms with E-state index >= 15 is 0 Å². The molecule has 5 nitrogen and oxygen atoms in total. The summed E-state index contributed by atoms with van der Waals surface area (Å²) in [5.41, 5.74) is 8.66. The van der Waals surface area contributed by atoms with E-state index < -0.39 is 0 Å². The van der Waals surface area contributed by atoms with Crippen LogP contribution < -0.4 is 16.2 Å². The second-order valence-corrected chi connectivity index (χ2v) is 6.61. The number of thiocarbonyl (C=S) groups is 1. The van der Waals surface area contributed by atoms with Crippen molar-refractivity contribution in [2.45, 2.75) is 33.2 Å². The maximum atomic E-state index is 12.8. The second kappa shape index (κ2) is 9.78. The Bertz CT molecular complexity index is 838. The molecule has 142 valence electrons. The number of Topliss-reactive ketones (excluding diaryl/α,β-unsaturated/α-hetero) is 1. The number of carbonyl (C=O) groups excluding carboxylic acids is 2. The van der Waals surface area contributed by atoms with Gasteiger partial charge in [-0.05, 0) is 61.0 Å². The van der Waals surface area contributed by atoms with Gasteiger partial charge in [-0.2, -0.15) is 0 Å². The van der Waals surface area contributed by atoms with Crippen LogP contribution in [0.3, 0.4) is 0 Å². The van der Waals surface area contributed by atoms with E-state index in [4.69, 9.17) is 12.2 Å². The Morgan fingerprint density at radius 2 is 1.67 bits per heavy atom. The molecule has 0 bridgehead atoms. The van der Waals surface area contributed by atoms with Crippen LogP contribution in [0.15, 0.2) is 42.5 Å². The minimum absolute atomic E-state index is 0.0549. The van der Waals surface area contributed by atoms with Crippen LogP contribution in [-0.4, -0.2) is 16.8 Å². The third kappa shape index (κ3) is 6.79. The molecule has 2 rings (SSSR count). The van der Waals surface area contributed by atoms with Crippen LogP contribution in [0, 0.1) is 19.7 Å². The predicted molar refractivity (Wildman–Crippen MR) is 107 cm³/mol. The number of ketones is 1. The molecule has 0 spiro atoms. The van der Waals surface area contributed by atoms with Crippen LogP contribution in [-0.2, 0) is 11.3 Å². The Hall–Kier alpha value is -2.80. The fourth-order valence-corrected chi connectivity index (χ4v) is 2.43. The highest BCUT2D eigenvalue weighted by atomic mass is 32.1. The van der Waals surface area contributed by atoms with Crippen LogP contribution in [0.1, 0.15) is 39.9 Å². The summed E-state index contributed by atoms with van der Waals surface area (Å²) in [5, 5.41) is 3.12. The van der Waals surface area contributed by atoms with Crippen LogP contribution in [0.4, 0.5) is 4.39 Å². The third-order valence-corrected chi connectivity index (χ3v) is 4.34. The number of aryl methyl sites for hydroxylation is 2. The molecule has 0 aliphatic rings. The SMILES string of the molecule is Cc1ccc(C(=O)CCC(=O)NNC(=S)NCc2ccc(F)cc2)cc1C. The molecule has 3 N–H and O–H groups in total. The van der Waals surface area contributed by atoms with Gasteiger partial charge in [0.1, 0.15) is 5.82 Å². The molecule has 0 fully saturated rings. The quantitative estimate of drug-likeness (QED) is 0.404. The molecule has 2 aromatic rings. The van der Waals surface area contributed by atoms with Gasteiger partial charge in [0.25, 0.3) is 0 Å². The zero-order valence-electron chi connectivity index (χ0n) is 15.3. The molecular weight excluding hydrogens is 365 g/mol. The maximum Gasteiger partial charge on any atom is 0.238 e. The first-order valence-corrected chi connectivity index (χ1v) is 8.93. The average molecular weight is 387 g/mol. The Balaban J connectivity index is 1.69. The van der Waals surface area contributed by atoms with Crippen molar-refractivity contribution in [2.24, 2.45) is 0 Å². The van der Waals surface area contributed by atoms with Gasteiger partial charge in [0.05, 0.1) is 0 Å². The molecule has 0 aliphatic carbocycles. The van der Waals surface area contributed by atoms with E-state index in [2.05, 4.69) is 16.2 Å². The highest BCUT2D eigenvalue weighted by Gasteiger charge is 2.10. The lowest BCUT2D eigenvalue weighted by Crippen LogP contribution is -2.46. The fourth-order valence-electron chi connectivity index (χ4n) is 2.30. The van der Waals surface area contributed by atoms with E-state index in [0.29, 0.717) is 12.1 Å². The third-order valence-electron chi connectivity index (χ3n) is 4.09.